The van der Waals surface area contributed by atoms with Crippen molar-refractivity contribution in [1.29, 1.82) is 0 Å². The fraction of sp³-hybridized carbons (Fsp3) is 0.250. The van der Waals surface area contributed by atoms with E-state index in [1.807, 2.05) is 20.8 Å². The van der Waals surface area contributed by atoms with Crippen LogP contribution in [0.25, 0.3) is 33.2 Å². The van der Waals surface area contributed by atoms with Crippen molar-refractivity contribution < 1.29 is 144 Å². The van der Waals surface area contributed by atoms with Crippen LogP contribution in [-0.2, 0) is 104 Å². The number of nitrogens with two attached hydrogens (primary N) is 3. The number of hydrogen-bond acceptors (Lipinski definition) is 33. The van der Waals surface area contributed by atoms with Gasteiger partial charge in [-0.25, -0.2) is 51.9 Å². The number of primary amides is 2. The van der Waals surface area contributed by atoms with Gasteiger partial charge in [0.2, 0.25) is 21.3 Å². The Morgan fingerprint density at radius 3 is 1.17 bits per heavy atom. The van der Waals surface area contributed by atoms with E-state index >= 15 is 0 Å². The Morgan fingerprint density at radius 2 is 0.777 bits per heavy atom. The third kappa shape index (κ3) is 21.0. The summed E-state index contributed by atoms with van der Waals surface area (Å²) in [5, 5.41) is 9.94. The molecular formula is C76H78N13NaO25S6. The number of aromatic nitrogens is 10. The van der Waals surface area contributed by atoms with E-state index in [4.69, 9.17) is 64.7 Å². The molecule has 7 heterocycles. The van der Waals surface area contributed by atoms with Gasteiger partial charge in [0.1, 0.15) is 52.4 Å². The number of hydrogen-bond donors (Lipinski definition) is 3. The molecule has 0 aliphatic carbocycles. The monoisotopic (exact) mass is 1790 g/mol. The van der Waals surface area contributed by atoms with Crippen LogP contribution in [0.5, 0.6) is 57.6 Å². The molecule has 0 saturated carbocycles. The van der Waals surface area contributed by atoms with E-state index in [1.165, 1.54) is 127 Å². The number of aryl methyl sites for hydroxylation is 3. The van der Waals surface area contributed by atoms with Crippen molar-refractivity contribution in [2.45, 2.75) is 89.0 Å². The molecule has 3 atom stereocenters. The van der Waals surface area contributed by atoms with Crippen molar-refractivity contribution in [2.24, 2.45) is 17.4 Å². The van der Waals surface area contributed by atoms with Gasteiger partial charge in [-0.3, -0.25) is 37.2 Å². The molecule has 0 spiro atoms. The summed E-state index contributed by atoms with van der Waals surface area (Å²) in [6.07, 6.45) is 4.78. The predicted molar refractivity (Wildman–Crippen MR) is 431 cm³/mol. The second kappa shape index (κ2) is 40.1. The smallest absolute Gasteiger partial charge is 0.546 e. The van der Waals surface area contributed by atoms with E-state index in [0.717, 1.165) is 34.7 Å². The Labute approximate surface area is 722 Å². The quantitative estimate of drug-likeness (QED) is 0.0390. The zero-order valence-corrected chi connectivity index (χ0v) is 73.9. The minimum atomic E-state index is -4.54. The van der Waals surface area contributed by atoms with Crippen LogP contribution in [-0.4, -0.2) is 178 Å². The number of aliphatic carboxylic acids is 1. The second-order valence-electron chi connectivity index (χ2n) is 25.5. The minimum absolute atomic E-state index is 0. The Morgan fingerprint density at radius 1 is 0.413 bits per heavy atom. The number of carboxylic acid groups (broad SMARTS) is 1. The maximum atomic E-state index is 14.2. The van der Waals surface area contributed by atoms with Gasteiger partial charge >= 0.3 is 35.5 Å². The molecule has 121 heavy (non-hydrogen) atoms. The van der Waals surface area contributed by atoms with Gasteiger partial charge in [0.15, 0.2) is 37.0 Å². The number of imidazole rings is 3. The van der Waals surface area contributed by atoms with Crippen LogP contribution in [0.15, 0.2) is 164 Å². The molecule has 3 unspecified atom stereocenters. The molecule has 0 bridgehead atoms. The molecular weight excluding hydrogens is 1710 g/mol. The maximum Gasteiger partial charge on any atom is 1.00 e. The number of methoxy groups -OCH3 is 6. The number of nitrogens with zero attached hydrogens (tertiary/aromatic N) is 10. The summed E-state index contributed by atoms with van der Waals surface area (Å²) in [4.78, 5) is 78.5. The summed E-state index contributed by atoms with van der Waals surface area (Å²) < 4.78 is 180. The molecule has 0 radical (unpaired) electrons. The fourth-order valence-corrected chi connectivity index (χ4v) is 21.0. The van der Waals surface area contributed by atoms with Crippen molar-refractivity contribution >= 4 is 119 Å². The number of carboxylic acids is 1. The number of fused-ring (bicyclic) bond motifs is 3. The normalized spacial score (nSPS) is 12.1. The Kier molecular flexibility index (Phi) is 30.8. The molecule has 5 aromatic carbocycles. The number of benzene rings is 5. The van der Waals surface area contributed by atoms with Gasteiger partial charge < -0.3 is 73.6 Å². The molecule has 7 aromatic heterocycles. The molecule has 634 valence electrons. The van der Waals surface area contributed by atoms with Crippen LogP contribution >= 0.6 is 0 Å². The molecule has 0 aliphatic rings. The molecule has 12 aromatic rings. The SMILES string of the molecule is COc1ccc2c(c1)nc(S(=O)Cc1ncc(C)c(OC)c1C)n2S(=O)(=O)c1ccc(OCC(=O)ON)c(OCC(N)=O)c1.COc1ccc2c(c1)nc(S(=O)Cc1ncc(C)c(OC)c1C)n2S(=O)(=O)c1ccc(OCC(N)=O)cc1.COc1ccc2c(n1)nc(S(=O)Cc1ncc(C)c(OC)c1C)n2S(=O)(=O)c1ccc(OCC(=O)[O-])cc1.[Na+]. The fourth-order valence-electron chi connectivity index (χ4n) is 11.9. The van der Waals surface area contributed by atoms with E-state index in [0.29, 0.717) is 68.0 Å². The van der Waals surface area contributed by atoms with Crippen LogP contribution in [0.2, 0.25) is 0 Å². The summed E-state index contributed by atoms with van der Waals surface area (Å²) in [6, 6.07) is 26.2. The molecule has 0 saturated heterocycles. The van der Waals surface area contributed by atoms with Crippen LogP contribution in [0.1, 0.15) is 50.5 Å². The predicted octanol–water partition coefficient (Wildman–Crippen LogP) is 1.88. The number of amides is 2. The molecule has 2 amide bonds. The third-order valence-electron chi connectivity index (χ3n) is 17.6. The molecule has 45 heteroatoms. The van der Waals surface area contributed by atoms with Crippen LogP contribution < -0.4 is 99.4 Å². The second-order valence-corrected chi connectivity index (χ2v) is 34.9. The number of carbonyl (C=O) groups excluding carboxylic acids is 4. The number of carbonyl (C=O) groups is 4. The van der Waals surface area contributed by atoms with Crippen LogP contribution in [0.3, 0.4) is 0 Å². The van der Waals surface area contributed by atoms with Crippen molar-refractivity contribution in [2.75, 3.05) is 69.1 Å². The van der Waals surface area contributed by atoms with Crippen molar-refractivity contribution in [3.05, 3.63) is 184 Å². The van der Waals surface area contributed by atoms with Crippen molar-refractivity contribution in [1.82, 2.24) is 46.8 Å². The van der Waals surface area contributed by atoms with Crippen LogP contribution in [0, 0.1) is 41.5 Å². The van der Waals surface area contributed by atoms with Gasteiger partial charge in [-0.05, 0) is 133 Å². The zero-order chi connectivity index (χ0) is 87.4. The van der Waals surface area contributed by atoms with Gasteiger partial charge in [0.25, 0.3) is 41.9 Å². The Balaban J connectivity index is 0.000000206. The average Bonchev–Trinajstić information content (AvgIpc) is 1.63. The minimum Gasteiger partial charge on any atom is -0.546 e. The van der Waals surface area contributed by atoms with Gasteiger partial charge in [-0.2, -0.15) is 15.9 Å². The summed E-state index contributed by atoms with van der Waals surface area (Å²) >= 11 is 0. The maximum absolute atomic E-state index is 14.2. The van der Waals surface area contributed by atoms with Gasteiger partial charge in [0.05, 0.1) is 152 Å². The van der Waals surface area contributed by atoms with E-state index in [1.54, 1.807) is 64.7 Å². The van der Waals surface area contributed by atoms with Gasteiger partial charge in [0, 0.05) is 76.2 Å². The first-order valence-corrected chi connectivity index (χ1v) is 43.3. The molecule has 0 fully saturated rings. The van der Waals surface area contributed by atoms with Crippen molar-refractivity contribution in [3.8, 4) is 57.6 Å². The van der Waals surface area contributed by atoms with Gasteiger partial charge in [-0.15, -0.1) is 0 Å². The van der Waals surface area contributed by atoms with E-state index < -0.39 is 106 Å². The zero-order valence-electron chi connectivity index (χ0n) is 67.0. The molecule has 12 rings (SSSR count). The van der Waals surface area contributed by atoms with Gasteiger partial charge in [-0.1, -0.05) is 0 Å². The van der Waals surface area contributed by atoms with E-state index in [9.17, 15) is 62.2 Å². The summed E-state index contributed by atoms with van der Waals surface area (Å²) in [6.45, 7) is 8.55. The number of pyridine rings is 4. The third-order valence-corrected chi connectivity index (χ3v) is 26.8. The topological polar surface area (TPSA) is 530 Å². The number of ether oxygens (including phenoxy) is 10. The largest absolute Gasteiger partial charge is 1.00 e. The Bertz CT molecular complexity index is 6150. The molecule has 6 N–H and O–H groups in total. The molecule has 38 nitrogen and oxygen atoms in total. The first kappa shape index (κ1) is 93.1. The first-order valence-electron chi connectivity index (χ1n) is 35.0. The standard InChI is InChI=1S/C27H29N5O10S2.C25H26N4O7S2.C24H24N4O8S2.Na/c1-15-11-30-20(16(2)26(15)39-4)14-43(35)27-31-19-9-17(38-3)5-7-21(19)32(27)44(36,37)18-6-8-22(41-13-25(34)42-29)23(10-18)40-12-24(28)33;1-15-12-27-21(16(2)24(15)35-4)14-37(31)25-28-20-11-18(34-3)7-10-22(20)29(25)38(32,33)19-8-5-17(6-9-19)36-13-23(26)30;1-14-11-25-18(15(2)22(14)35-4)13-37(31)24-27-23-19(9-10-20(26-23)34-3)28(24)38(32,33)17-7-5-16(6-8-17)36-12-21(29)30;/h5-11H,12-14,29H2,1-4H3,(H2,28,33);5-12H,13-14H2,1-4H3,(H2,26,30);5-11H,12-13H2,1-4H3,(H,29,30);/q;;;+1/p-1. The van der Waals surface area contributed by atoms with Crippen molar-refractivity contribution in [3.63, 3.8) is 0 Å². The number of rotatable bonds is 33. The summed E-state index contributed by atoms with van der Waals surface area (Å²) in [5.41, 5.74) is 17.1. The Hall–Kier alpha value is -11.8. The van der Waals surface area contributed by atoms with E-state index in [2.05, 4.69) is 39.7 Å². The average molecular weight is 1790 g/mol. The van der Waals surface area contributed by atoms with E-state index in [-0.39, 0.29) is 140 Å². The summed E-state index contributed by atoms with van der Waals surface area (Å²) in [7, 11) is -10.1. The van der Waals surface area contributed by atoms with Crippen LogP contribution in [0.4, 0.5) is 0 Å². The summed E-state index contributed by atoms with van der Waals surface area (Å²) in [5.74, 6) is 3.52. The first-order chi connectivity index (χ1) is 57.0. The molecule has 0 aliphatic heterocycles.